The quantitative estimate of drug-likeness (QED) is 0.351. The van der Waals surface area contributed by atoms with E-state index in [1.807, 2.05) is 12.1 Å². The molecule has 3 heteroatoms. The summed E-state index contributed by atoms with van der Waals surface area (Å²) >= 11 is 0. The van der Waals surface area contributed by atoms with Gasteiger partial charge >= 0.3 is 0 Å². The molecule has 1 aliphatic carbocycles. The first-order valence-electron chi connectivity index (χ1n) is 12.1. The van der Waals surface area contributed by atoms with Gasteiger partial charge in [0.1, 0.15) is 23.3 Å². The molecule has 0 saturated heterocycles. The fourth-order valence-corrected chi connectivity index (χ4v) is 4.93. The van der Waals surface area contributed by atoms with Gasteiger partial charge in [-0.3, -0.25) is 0 Å². The number of benzene rings is 2. The van der Waals surface area contributed by atoms with Crippen molar-refractivity contribution >= 4 is 0 Å². The van der Waals surface area contributed by atoms with Gasteiger partial charge in [-0.15, -0.1) is 0 Å². The van der Waals surface area contributed by atoms with Gasteiger partial charge in [0.05, 0.1) is 0 Å². The average Bonchev–Trinajstić information content (AvgIpc) is 2.78. The molecule has 0 bridgehead atoms. The minimum Gasteiger partial charge on any atom is -0.205 e. The lowest BCUT2D eigenvalue weighted by molar-refractivity contribution is 0.248. The number of nitriles is 1. The molecule has 0 N–H and O–H groups in total. The number of nitrogens with zero attached hydrogens (tertiary/aromatic N) is 1. The number of hydrogen-bond donors (Lipinski definition) is 0. The van der Waals surface area contributed by atoms with E-state index in [2.05, 4.69) is 19.1 Å². The fourth-order valence-electron chi connectivity index (χ4n) is 4.93. The van der Waals surface area contributed by atoms with E-state index in [9.17, 15) is 8.78 Å². The molecule has 0 spiro atoms. The molecule has 2 aromatic carbocycles. The molecule has 3 rings (SSSR count). The van der Waals surface area contributed by atoms with Crippen LogP contribution in [0.5, 0.6) is 0 Å². The molecule has 1 saturated carbocycles. The van der Waals surface area contributed by atoms with Gasteiger partial charge in [-0.2, -0.15) is 5.26 Å². The van der Waals surface area contributed by atoms with Crippen molar-refractivity contribution in [3.05, 3.63) is 59.2 Å². The van der Waals surface area contributed by atoms with E-state index in [1.165, 1.54) is 88.3 Å². The summed E-state index contributed by atoms with van der Waals surface area (Å²) in [5.41, 5.74) is 1.99. The Balaban J connectivity index is 1.43. The molecule has 0 aromatic heterocycles. The van der Waals surface area contributed by atoms with Gasteiger partial charge < -0.3 is 0 Å². The van der Waals surface area contributed by atoms with Crippen LogP contribution in [0.3, 0.4) is 0 Å². The Labute approximate surface area is 186 Å². The highest BCUT2D eigenvalue weighted by Crippen LogP contribution is 2.34. The topological polar surface area (TPSA) is 23.8 Å². The van der Waals surface area contributed by atoms with Crippen LogP contribution in [0.2, 0.25) is 0 Å². The lowest BCUT2D eigenvalue weighted by Gasteiger charge is -2.28. The van der Waals surface area contributed by atoms with Crippen molar-refractivity contribution in [1.82, 2.24) is 0 Å². The summed E-state index contributed by atoms with van der Waals surface area (Å²) in [7, 11) is 0. The van der Waals surface area contributed by atoms with Crippen LogP contribution in [-0.2, 0) is 6.42 Å². The summed E-state index contributed by atoms with van der Waals surface area (Å²) in [6.45, 7) is 2.27. The summed E-state index contributed by atoms with van der Waals surface area (Å²) in [5.74, 6) is 0.166. The molecule has 0 radical (unpaired) electrons. The van der Waals surface area contributed by atoms with E-state index in [0.717, 1.165) is 23.8 Å². The predicted molar refractivity (Wildman–Crippen MR) is 124 cm³/mol. The Morgan fingerprint density at radius 2 is 1.39 bits per heavy atom. The summed E-state index contributed by atoms with van der Waals surface area (Å²) in [6.07, 6.45) is 16.2. The van der Waals surface area contributed by atoms with E-state index in [-0.39, 0.29) is 0 Å². The molecular weight excluding hydrogens is 388 g/mol. The summed E-state index contributed by atoms with van der Waals surface area (Å²) in [5, 5.41) is 8.81. The van der Waals surface area contributed by atoms with Gasteiger partial charge in [-0.25, -0.2) is 8.78 Å². The largest absolute Gasteiger partial charge is 0.205 e. The highest BCUT2D eigenvalue weighted by atomic mass is 19.1. The molecule has 0 atom stereocenters. The fraction of sp³-hybridized carbons (Fsp3) is 0.536. The molecular formula is C28H35F2N. The first-order valence-corrected chi connectivity index (χ1v) is 12.1. The van der Waals surface area contributed by atoms with Crippen molar-refractivity contribution in [2.24, 2.45) is 11.8 Å². The van der Waals surface area contributed by atoms with E-state index >= 15 is 0 Å². The normalized spacial score (nSPS) is 18.6. The number of rotatable bonds is 10. The SMILES string of the molecule is CCCCCCC[C@H]1CC[C@H](CCc2ccc(-c3cc(F)c(C#N)c(F)c3)cc2)CC1. The van der Waals surface area contributed by atoms with E-state index in [4.69, 9.17) is 5.26 Å². The molecule has 31 heavy (non-hydrogen) atoms. The minimum absolute atomic E-state index is 0.466. The molecule has 0 heterocycles. The van der Waals surface area contributed by atoms with Crippen molar-refractivity contribution in [2.75, 3.05) is 0 Å². The van der Waals surface area contributed by atoms with Crippen LogP contribution < -0.4 is 0 Å². The maximum Gasteiger partial charge on any atom is 0.144 e. The molecule has 0 aliphatic heterocycles. The van der Waals surface area contributed by atoms with Crippen molar-refractivity contribution in [1.29, 1.82) is 5.26 Å². The zero-order valence-electron chi connectivity index (χ0n) is 18.8. The molecule has 2 aromatic rings. The van der Waals surface area contributed by atoms with Gasteiger partial charge in [0.25, 0.3) is 0 Å². The molecule has 1 nitrogen and oxygen atoms in total. The van der Waals surface area contributed by atoms with Gasteiger partial charge in [0.2, 0.25) is 0 Å². The number of aryl methyl sites for hydroxylation is 1. The second-order valence-electron chi connectivity index (χ2n) is 9.25. The third-order valence-electron chi connectivity index (χ3n) is 6.96. The zero-order valence-corrected chi connectivity index (χ0v) is 18.8. The first kappa shape index (κ1) is 23.5. The first-order chi connectivity index (χ1) is 15.1. The third kappa shape index (κ3) is 6.89. The van der Waals surface area contributed by atoms with Crippen LogP contribution >= 0.6 is 0 Å². The highest BCUT2D eigenvalue weighted by Gasteiger charge is 2.20. The second kappa shape index (κ2) is 12.0. The van der Waals surface area contributed by atoms with Crippen LogP contribution in [0.1, 0.15) is 88.7 Å². The number of unbranched alkanes of at least 4 members (excludes halogenated alkanes) is 4. The molecule has 0 unspecified atom stereocenters. The standard InChI is InChI=1S/C28H35F2N/c1-2-3-4-5-6-7-21-8-10-22(11-9-21)12-13-23-14-16-24(17-15-23)25-18-27(29)26(20-31)28(30)19-25/h14-19,21-22H,2-13H2,1H3/t21-,22-. The Hall–Kier alpha value is -2.21. The van der Waals surface area contributed by atoms with Crippen molar-refractivity contribution < 1.29 is 8.78 Å². The molecule has 1 aliphatic rings. The Morgan fingerprint density at radius 3 is 1.97 bits per heavy atom. The molecule has 0 amide bonds. The van der Waals surface area contributed by atoms with Crippen LogP contribution in [0.25, 0.3) is 11.1 Å². The van der Waals surface area contributed by atoms with E-state index in [1.54, 1.807) is 6.07 Å². The number of hydrogen-bond acceptors (Lipinski definition) is 1. The zero-order chi connectivity index (χ0) is 22.1. The Morgan fingerprint density at radius 1 is 0.806 bits per heavy atom. The second-order valence-corrected chi connectivity index (χ2v) is 9.25. The highest BCUT2D eigenvalue weighted by molar-refractivity contribution is 5.65. The molecule has 1 fully saturated rings. The summed E-state index contributed by atoms with van der Waals surface area (Å²) in [4.78, 5) is 0. The van der Waals surface area contributed by atoms with Gasteiger partial charge in [0.15, 0.2) is 0 Å². The maximum atomic E-state index is 13.9. The predicted octanol–water partition coefficient (Wildman–Crippen LogP) is 8.60. The lowest BCUT2D eigenvalue weighted by atomic mass is 9.77. The minimum atomic E-state index is -0.807. The average molecular weight is 424 g/mol. The Bertz CT molecular complexity index is 835. The third-order valence-corrected chi connectivity index (χ3v) is 6.96. The smallest absolute Gasteiger partial charge is 0.144 e. The van der Waals surface area contributed by atoms with Gasteiger partial charge in [0, 0.05) is 0 Å². The summed E-state index contributed by atoms with van der Waals surface area (Å²) in [6, 6.07) is 12.0. The monoisotopic (exact) mass is 423 g/mol. The van der Waals surface area contributed by atoms with E-state index < -0.39 is 17.2 Å². The van der Waals surface area contributed by atoms with Crippen LogP contribution in [0.4, 0.5) is 8.78 Å². The van der Waals surface area contributed by atoms with Crippen LogP contribution in [0, 0.1) is 34.8 Å². The van der Waals surface area contributed by atoms with Crippen LogP contribution in [0.15, 0.2) is 36.4 Å². The number of halogens is 2. The van der Waals surface area contributed by atoms with E-state index in [0.29, 0.717) is 5.56 Å². The van der Waals surface area contributed by atoms with Crippen molar-refractivity contribution in [2.45, 2.75) is 84.0 Å². The van der Waals surface area contributed by atoms with Crippen molar-refractivity contribution in [3.63, 3.8) is 0 Å². The van der Waals surface area contributed by atoms with Crippen molar-refractivity contribution in [3.8, 4) is 17.2 Å². The lowest BCUT2D eigenvalue weighted by Crippen LogP contribution is -2.15. The summed E-state index contributed by atoms with van der Waals surface area (Å²) < 4.78 is 27.8. The maximum absolute atomic E-state index is 13.9. The Kier molecular flexibility index (Phi) is 9.07. The molecule has 166 valence electrons. The van der Waals surface area contributed by atoms with Gasteiger partial charge in [-0.1, -0.05) is 95.4 Å². The van der Waals surface area contributed by atoms with Gasteiger partial charge in [-0.05, 0) is 53.5 Å². The van der Waals surface area contributed by atoms with Crippen LogP contribution in [-0.4, -0.2) is 0 Å².